The van der Waals surface area contributed by atoms with Gasteiger partial charge in [0.15, 0.2) is 0 Å². The van der Waals surface area contributed by atoms with Gasteiger partial charge in [-0.25, -0.2) is 8.78 Å². The maximum Gasteiger partial charge on any atom is 0.126 e. The minimum absolute atomic E-state index is 0.0871. The lowest BCUT2D eigenvalue weighted by Crippen LogP contribution is -2.38. The Kier molecular flexibility index (Phi) is 4.30. The van der Waals surface area contributed by atoms with Crippen LogP contribution < -0.4 is 5.32 Å². The molecule has 3 atom stereocenters. The van der Waals surface area contributed by atoms with Crippen molar-refractivity contribution in [2.24, 2.45) is 0 Å². The van der Waals surface area contributed by atoms with Gasteiger partial charge in [0.25, 0.3) is 0 Å². The highest BCUT2D eigenvalue weighted by molar-refractivity contribution is 5.21. The summed E-state index contributed by atoms with van der Waals surface area (Å²) in [6.45, 7) is 1.92. The number of rotatable bonds is 4. The summed E-state index contributed by atoms with van der Waals surface area (Å²) in [5.74, 6) is -1.07. The minimum Gasteiger partial charge on any atom is -0.380 e. The first-order valence-electron chi connectivity index (χ1n) is 6.35. The molecule has 1 N–H and O–H groups in total. The predicted molar refractivity (Wildman–Crippen MR) is 66.3 cm³/mol. The van der Waals surface area contributed by atoms with Crippen molar-refractivity contribution >= 4 is 0 Å². The van der Waals surface area contributed by atoms with Crippen LogP contribution in [-0.2, 0) is 4.74 Å². The van der Waals surface area contributed by atoms with Crippen LogP contribution in [0.5, 0.6) is 0 Å². The third-order valence-electron chi connectivity index (χ3n) is 3.60. The summed E-state index contributed by atoms with van der Waals surface area (Å²) in [7, 11) is 1.71. The Hall–Kier alpha value is -1.00. The Morgan fingerprint density at radius 3 is 2.50 bits per heavy atom. The van der Waals surface area contributed by atoms with Gasteiger partial charge >= 0.3 is 0 Å². The van der Waals surface area contributed by atoms with Crippen molar-refractivity contribution in [2.75, 3.05) is 7.11 Å². The van der Waals surface area contributed by atoms with E-state index in [2.05, 4.69) is 5.32 Å². The number of nitrogens with one attached hydrogen (secondary N) is 1. The smallest absolute Gasteiger partial charge is 0.126 e. The van der Waals surface area contributed by atoms with Crippen LogP contribution in [0.4, 0.5) is 8.78 Å². The van der Waals surface area contributed by atoms with Crippen molar-refractivity contribution in [1.82, 2.24) is 5.32 Å². The van der Waals surface area contributed by atoms with Crippen LogP contribution in [0, 0.1) is 11.6 Å². The Morgan fingerprint density at radius 2 is 1.89 bits per heavy atom. The van der Waals surface area contributed by atoms with E-state index in [0.29, 0.717) is 5.56 Å². The predicted octanol–water partition coefficient (Wildman–Crippen LogP) is 3.18. The topological polar surface area (TPSA) is 21.3 Å². The van der Waals surface area contributed by atoms with Gasteiger partial charge in [-0.15, -0.1) is 0 Å². The van der Waals surface area contributed by atoms with E-state index in [4.69, 9.17) is 4.74 Å². The van der Waals surface area contributed by atoms with E-state index < -0.39 is 11.6 Å². The number of methoxy groups -OCH3 is 1. The molecule has 0 aromatic heterocycles. The second-order valence-corrected chi connectivity index (χ2v) is 4.90. The molecule has 0 radical (unpaired) electrons. The first-order chi connectivity index (χ1) is 8.60. The molecule has 0 heterocycles. The number of ether oxygens (including phenoxy) is 1. The lowest BCUT2D eigenvalue weighted by molar-refractivity contribution is 0.0819. The first-order valence-corrected chi connectivity index (χ1v) is 6.35. The summed E-state index contributed by atoms with van der Waals surface area (Å²) in [6, 6.07) is 3.81. The van der Waals surface area contributed by atoms with Crippen LogP contribution in [0.2, 0.25) is 0 Å². The Morgan fingerprint density at radius 1 is 1.22 bits per heavy atom. The summed E-state index contributed by atoms with van der Waals surface area (Å²) in [6.07, 6.45) is 3.41. The second-order valence-electron chi connectivity index (χ2n) is 4.90. The van der Waals surface area contributed by atoms with Crippen molar-refractivity contribution in [3.63, 3.8) is 0 Å². The summed E-state index contributed by atoms with van der Waals surface area (Å²) in [4.78, 5) is 0. The Balaban J connectivity index is 2.04. The second kappa shape index (κ2) is 5.76. The molecule has 4 heteroatoms. The highest BCUT2D eigenvalue weighted by Gasteiger charge is 2.28. The van der Waals surface area contributed by atoms with Gasteiger partial charge in [0, 0.05) is 25.3 Å². The molecule has 1 aromatic rings. The maximum absolute atomic E-state index is 13.2. The van der Waals surface area contributed by atoms with Gasteiger partial charge in [-0.2, -0.15) is 0 Å². The summed E-state index contributed by atoms with van der Waals surface area (Å²) < 4.78 is 31.7. The van der Waals surface area contributed by atoms with Crippen molar-refractivity contribution in [3.05, 3.63) is 35.4 Å². The number of hydrogen-bond acceptors (Lipinski definition) is 2. The van der Waals surface area contributed by atoms with Gasteiger partial charge in [0.2, 0.25) is 0 Å². The molecule has 0 bridgehead atoms. The molecule has 0 amide bonds. The molecule has 18 heavy (non-hydrogen) atoms. The third kappa shape index (κ3) is 3.06. The molecule has 1 fully saturated rings. The van der Waals surface area contributed by atoms with Crippen LogP contribution >= 0.6 is 0 Å². The number of benzene rings is 1. The van der Waals surface area contributed by atoms with Gasteiger partial charge in [0.05, 0.1) is 6.10 Å². The zero-order valence-corrected chi connectivity index (χ0v) is 10.7. The fourth-order valence-electron chi connectivity index (χ4n) is 2.64. The Bertz CT molecular complexity index is 391. The van der Waals surface area contributed by atoms with E-state index in [1.807, 2.05) is 6.92 Å². The van der Waals surface area contributed by atoms with Crippen LogP contribution in [0.3, 0.4) is 0 Å². The average Bonchev–Trinajstić information content (AvgIpc) is 2.75. The van der Waals surface area contributed by atoms with E-state index in [1.165, 1.54) is 12.1 Å². The number of hydrogen-bond donors (Lipinski definition) is 1. The zero-order valence-electron chi connectivity index (χ0n) is 10.7. The molecular weight excluding hydrogens is 236 g/mol. The van der Waals surface area contributed by atoms with E-state index in [9.17, 15) is 8.78 Å². The Labute approximate surface area is 106 Å². The van der Waals surface area contributed by atoms with Crippen LogP contribution in [0.15, 0.2) is 18.2 Å². The van der Waals surface area contributed by atoms with Gasteiger partial charge in [-0.1, -0.05) is 0 Å². The monoisotopic (exact) mass is 255 g/mol. The van der Waals surface area contributed by atoms with Gasteiger partial charge in [-0.3, -0.25) is 0 Å². The van der Waals surface area contributed by atoms with Crippen molar-refractivity contribution in [3.8, 4) is 0 Å². The maximum atomic E-state index is 13.2. The van der Waals surface area contributed by atoms with Gasteiger partial charge in [0.1, 0.15) is 11.6 Å². The summed E-state index contributed by atoms with van der Waals surface area (Å²) >= 11 is 0. The van der Waals surface area contributed by atoms with Gasteiger partial charge < -0.3 is 10.1 Å². The lowest BCUT2D eigenvalue weighted by Gasteiger charge is -2.24. The van der Waals surface area contributed by atoms with E-state index >= 15 is 0 Å². The highest BCUT2D eigenvalue weighted by Crippen LogP contribution is 2.25. The molecule has 1 saturated carbocycles. The molecule has 1 aromatic carbocycles. The molecule has 3 unspecified atom stereocenters. The molecule has 100 valence electrons. The van der Waals surface area contributed by atoms with Crippen LogP contribution in [0.25, 0.3) is 0 Å². The van der Waals surface area contributed by atoms with E-state index in [0.717, 1.165) is 25.3 Å². The normalized spacial score (nSPS) is 25.3. The third-order valence-corrected chi connectivity index (χ3v) is 3.60. The molecule has 1 aliphatic carbocycles. The SMILES string of the molecule is COC1CCCC1NC(C)c1cc(F)cc(F)c1. The largest absolute Gasteiger partial charge is 0.380 e. The van der Waals surface area contributed by atoms with Gasteiger partial charge in [-0.05, 0) is 43.9 Å². The minimum atomic E-state index is -0.534. The average molecular weight is 255 g/mol. The molecule has 0 saturated heterocycles. The molecule has 2 nitrogen and oxygen atoms in total. The van der Waals surface area contributed by atoms with Crippen LogP contribution in [0.1, 0.15) is 37.8 Å². The first kappa shape index (κ1) is 13.4. The van der Waals surface area contributed by atoms with Crippen molar-refractivity contribution < 1.29 is 13.5 Å². The standard InChI is InChI=1S/C14H19F2NO/c1-9(10-6-11(15)8-12(16)7-10)17-13-4-3-5-14(13)18-2/h6-9,13-14,17H,3-5H2,1-2H3. The van der Waals surface area contributed by atoms with E-state index in [1.54, 1.807) is 7.11 Å². The fraction of sp³-hybridized carbons (Fsp3) is 0.571. The van der Waals surface area contributed by atoms with E-state index in [-0.39, 0.29) is 18.2 Å². The lowest BCUT2D eigenvalue weighted by atomic mass is 10.1. The van der Waals surface area contributed by atoms with Crippen LogP contribution in [-0.4, -0.2) is 19.3 Å². The quantitative estimate of drug-likeness (QED) is 0.892. The highest BCUT2D eigenvalue weighted by atomic mass is 19.1. The molecule has 1 aliphatic rings. The fourth-order valence-corrected chi connectivity index (χ4v) is 2.64. The molecule has 0 spiro atoms. The molecular formula is C14H19F2NO. The molecule has 0 aliphatic heterocycles. The zero-order chi connectivity index (χ0) is 13.1. The van der Waals surface area contributed by atoms with Crippen molar-refractivity contribution in [1.29, 1.82) is 0 Å². The summed E-state index contributed by atoms with van der Waals surface area (Å²) in [5, 5.41) is 3.39. The summed E-state index contributed by atoms with van der Waals surface area (Å²) in [5.41, 5.74) is 0.634. The molecule has 2 rings (SSSR count). The van der Waals surface area contributed by atoms with Crippen molar-refractivity contribution in [2.45, 2.75) is 44.4 Å². The number of halogens is 2.